The van der Waals surface area contributed by atoms with Crippen molar-refractivity contribution in [1.29, 1.82) is 0 Å². The Balaban J connectivity index is 2.72. The van der Waals surface area contributed by atoms with Crippen molar-refractivity contribution in [3.05, 3.63) is 24.3 Å². The predicted molar refractivity (Wildman–Crippen MR) is 87.8 cm³/mol. The Labute approximate surface area is 124 Å². The lowest BCUT2D eigenvalue weighted by Crippen LogP contribution is -2.42. The standard InChI is InChI=1S/C17H30N2O/c1-7-17(4,12-18-14(2)3)13-19(5)15-9-8-10-16(11-15)20-6/h8-11,14,18H,7,12-13H2,1-6H3. The van der Waals surface area contributed by atoms with Crippen LogP contribution in [0.5, 0.6) is 5.75 Å². The molecule has 0 heterocycles. The predicted octanol–water partition coefficient (Wildman–Crippen LogP) is 3.55. The number of benzene rings is 1. The molecule has 0 aromatic heterocycles. The second-order valence-electron chi connectivity index (χ2n) is 6.26. The van der Waals surface area contributed by atoms with Gasteiger partial charge in [0.15, 0.2) is 0 Å². The zero-order chi connectivity index (χ0) is 15.2. The maximum atomic E-state index is 5.30. The molecule has 0 spiro atoms. The van der Waals surface area contributed by atoms with Gasteiger partial charge in [-0.3, -0.25) is 0 Å². The number of hydrogen-bond donors (Lipinski definition) is 1. The highest BCUT2D eigenvalue weighted by atomic mass is 16.5. The molecule has 0 aliphatic heterocycles. The summed E-state index contributed by atoms with van der Waals surface area (Å²) >= 11 is 0. The first-order valence-electron chi connectivity index (χ1n) is 7.49. The average molecular weight is 278 g/mol. The van der Waals surface area contributed by atoms with E-state index in [4.69, 9.17) is 4.74 Å². The molecule has 3 heteroatoms. The van der Waals surface area contributed by atoms with E-state index in [0.717, 1.165) is 25.3 Å². The minimum Gasteiger partial charge on any atom is -0.497 e. The summed E-state index contributed by atoms with van der Waals surface area (Å²) in [5.41, 5.74) is 1.47. The fourth-order valence-corrected chi connectivity index (χ4v) is 2.26. The molecule has 20 heavy (non-hydrogen) atoms. The van der Waals surface area contributed by atoms with Crippen molar-refractivity contribution < 1.29 is 4.74 Å². The molecule has 0 bridgehead atoms. The summed E-state index contributed by atoms with van der Waals surface area (Å²) < 4.78 is 5.30. The highest BCUT2D eigenvalue weighted by molar-refractivity contribution is 5.50. The van der Waals surface area contributed by atoms with Crippen molar-refractivity contribution in [2.75, 3.05) is 32.1 Å². The second kappa shape index (κ2) is 7.53. The van der Waals surface area contributed by atoms with Gasteiger partial charge in [0.1, 0.15) is 5.75 Å². The van der Waals surface area contributed by atoms with Gasteiger partial charge in [-0.25, -0.2) is 0 Å². The first kappa shape index (κ1) is 16.8. The van der Waals surface area contributed by atoms with Gasteiger partial charge >= 0.3 is 0 Å². The van der Waals surface area contributed by atoms with Crippen LogP contribution in [-0.4, -0.2) is 33.3 Å². The molecule has 0 saturated carbocycles. The number of ether oxygens (including phenoxy) is 1. The van der Waals surface area contributed by atoms with E-state index in [1.54, 1.807) is 7.11 Å². The van der Waals surface area contributed by atoms with E-state index in [-0.39, 0.29) is 5.41 Å². The van der Waals surface area contributed by atoms with Crippen LogP contribution in [0.1, 0.15) is 34.1 Å². The van der Waals surface area contributed by atoms with Gasteiger partial charge in [-0.15, -0.1) is 0 Å². The van der Waals surface area contributed by atoms with E-state index in [9.17, 15) is 0 Å². The quantitative estimate of drug-likeness (QED) is 0.787. The lowest BCUT2D eigenvalue weighted by molar-refractivity contribution is 0.289. The fourth-order valence-electron chi connectivity index (χ4n) is 2.26. The molecule has 0 radical (unpaired) electrons. The van der Waals surface area contributed by atoms with Gasteiger partial charge in [-0.05, 0) is 24.0 Å². The van der Waals surface area contributed by atoms with Crippen LogP contribution in [0.15, 0.2) is 24.3 Å². The molecule has 1 N–H and O–H groups in total. The maximum Gasteiger partial charge on any atom is 0.120 e. The highest BCUT2D eigenvalue weighted by Gasteiger charge is 2.24. The Hall–Kier alpha value is -1.22. The molecule has 1 rings (SSSR count). The van der Waals surface area contributed by atoms with Gasteiger partial charge in [0.25, 0.3) is 0 Å². The van der Waals surface area contributed by atoms with Crippen molar-refractivity contribution >= 4 is 5.69 Å². The monoisotopic (exact) mass is 278 g/mol. The SMILES string of the molecule is CCC(C)(CNC(C)C)CN(C)c1cccc(OC)c1. The first-order chi connectivity index (χ1) is 9.40. The molecular formula is C17H30N2O. The minimum atomic E-state index is 0.266. The van der Waals surface area contributed by atoms with Gasteiger partial charge in [-0.2, -0.15) is 0 Å². The average Bonchev–Trinajstić information content (AvgIpc) is 2.45. The molecule has 3 nitrogen and oxygen atoms in total. The van der Waals surface area contributed by atoms with Gasteiger partial charge in [0.05, 0.1) is 7.11 Å². The lowest BCUT2D eigenvalue weighted by Gasteiger charge is -2.35. The fraction of sp³-hybridized carbons (Fsp3) is 0.647. The van der Waals surface area contributed by atoms with Gasteiger partial charge in [0, 0.05) is 37.9 Å². The molecule has 0 aliphatic rings. The largest absolute Gasteiger partial charge is 0.497 e. The molecule has 1 unspecified atom stereocenters. The summed E-state index contributed by atoms with van der Waals surface area (Å²) in [6.07, 6.45) is 1.15. The van der Waals surface area contributed by atoms with Crippen LogP contribution in [0, 0.1) is 5.41 Å². The number of rotatable bonds is 8. The first-order valence-corrected chi connectivity index (χ1v) is 7.49. The Morgan fingerprint density at radius 1 is 1.35 bits per heavy atom. The van der Waals surface area contributed by atoms with Crippen LogP contribution in [0.2, 0.25) is 0 Å². The molecule has 0 saturated heterocycles. The Morgan fingerprint density at radius 3 is 2.60 bits per heavy atom. The van der Waals surface area contributed by atoms with E-state index >= 15 is 0 Å². The normalized spacial score (nSPS) is 14.2. The molecule has 1 aromatic rings. The second-order valence-corrected chi connectivity index (χ2v) is 6.26. The van der Waals surface area contributed by atoms with E-state index in [1.165, 1.54) is 5.69 Å². The highest BCUT2D eigenvalue weighted by Crippen LogP contribution is 2.26. The van der Waals surface area contributed by atoms with Crippen molar-refractivity contribution in [1.82, 2.24) is 5.32 Å². The third-order valence-electron chi connectivity index (χ3n) is 3.90. The molecule has 1 aromatic carbocycles. The number of hydrogen-bond acceptors (Lipinski definition) is 3. The van der Waals surface area contributed by atoms with Crippen molar-refractivity contribution in [2.24, 2.45) is 5.41 Å². The lowest BCUT2D eigenvalue weighted by atomic mass is 9.86. The maximum absolute atomic E-state index is 5.30. The Kier molecular flexibility index (Phi) is 6.34. The molecule has 0 aliphatic carbocycles. The van der Waals surface area contributed by atoms with Crippen LogP contribution in [0.25, 0.3) is 0 Å². The summed E-state index contributed by atoms with van der Waals surface area (Å²) in [7, 11) is 3.86. The molecular weight excluding hydrogens is 248 g/mol. The van der Waals surface area contributed by atoms with Gasteiger partial charge in [-0.1, -0.05) is 33.8 Å². The van der Waals surface area contributed by atoms with Gasteiger partial charge < -0.3 is 15.0 Å². The number of anilines is 1. The van der Waals surface area contributed by atoms with E-state index in [1.807, 2.05) is 12.1 Å². The summed E-state index contributed by atoms with van der Waals surface area (Å²) in [5, 5.41) is 3.57. The summed E-state index contributed by atoms with van der Waals surface area (Å²) in [5.74, 6) is 0.910. The Morgan fingerprint density at radius 2 is 2.05 bits per heavy atom. The van der Waals surface area contributed by atoms with Crippen LogP contribution in [0.3, 0.4) is 0 Å². The zero-order valence-corrected chi connectivity index (χ0v) is 13.9. The summed E-state index contributed by atoms with van der Waals surface area (Å²) in [4.78, 5) is 2.31. The minimum absolute atomic E-state index is 0.266. The molecule has 1 atom stereocenters. The third-order valence-corrected chi connectivity index (χ3v) is 3.90. The summed E-state index contributed by atoms with van der Waals surface area (Å²) in [6.45, 7) is 11.1. The van der Waals surface area contributed by atoms with Crippen LogP contribution in [0.4, 0.5) is 5.69 Å². The van der Waals surface area contributed by atoms with Crippen molar-refractivity contribution in [2.45, 2.75) is 40.2 Å². The number of nitrogens with zero attached hydrogens (tertiary/aromatic N) is 1. The van der Waals surface area contributed by atoms with Crippen molar-refractivity contribution in [3.63, 3.8) is 0 Å². The molecule has 0 amide bonds. The number of methoxy groups -OCH3 is 1. The summed E-state index contributed by atoms with van der Waals surface area (Å²) in [6, 6.07) is 8.78. The Bertz CT molecular complexity index is 406. The zero-order valence-electron chi connectivity index (χ0n) is 13.9. The van der Waals surface area contributed by atoms with E-state index in [0.29, 0.717) is 6.04 Å². The van der Waals surface area contributed by atoms with E-state index in [2.05, 4.69) is 57.1 Å². The van der Waals surface area contributed by atoms with Crippen LogP contribution >= 0.6 is 0 Å². The van der Waals surface area contributed by atoms with Crippen LogP contribution < -0.4 is 15.0 Å². The van der Waals surface area contributed by atoms with E-state index < -0.39 is 0 Å². The third kappa shape index (κ3) is 5.04. The van der Waals surface area contributed by atoms with Crippen LogP contribution in [-0.2, 0) is 0 Å². The van der Waals surface area contributed by atoms with Gasteiger partial charge in [0.2, 0.25) is 0 Å². The smallest absolute Gasteiger partial charge is 0.120 e. The molecule has 0 fully saturated rings. The topological polar surface area (TPSA) is 24.5 Å². The molecule has 114 valence electrons. The number of nitrogens with one attached hydrogen (secondary N) is 1. The van der Waals surface area contributed by atoms with Crippen molar-refractivity contribution in [3.8, 4) is 5.75 Å².